The molecule has 2 heterocycles. The maximum absolute atomic E-state index is 12.8. The topological polar surface area (TPSA) is 121 Å². The predicted octanol–water partition coefficient (Wildman–Crippen LogP) is 2.51. The zero-order valence-corrected chi connectivity index (χ0v) is 18.3. The number of anilines is 1. The summed E-state index contributed by atoms with van der Waals surface area (Å²) in [4.78, 5) is 41.8. The minimum atomic E-state index is -0.550. The van der Waals surface area contributed by atoms with E-state index in [-0.39, 0.29) is 29.9 Å². The van der Waals surface area contributed by atoms with Crippen LogP contribution >= 0.6 is 11.6 Å². The Kier molecular flexibility index (Phi) is 6.45. The Labute approximate surface area is 192 Å². The van der Waals surface area contributed by atoms with Crippen molar-refractivity contribution in [2.75, 3.05) is 11.9 Å². The lowest BCUT2D eigenvalue weighted by atomic mass is 10.2. The van der Waals surface area contributed by atoms with Gasteiger partial charge in [0.05, 0.1) is 24.4 Å². The van der Waals surface area contributed by atoms with Gasteiger partial charge in [-0.1, -0.05) is 41.1 Å². The summed E-state index contributed by atoms with van der Waals surface area (Å²) in [5, 5.41) is 11.2. The fourth-order valence-electron chi connectivity index (χ4n) is 3.19. The lowest BCUT2D eigenvalue weighted by molar-refractivity contribution is -0.116. The number of halogens is 1. The zero-order chi connectivity index (χ0) is 23.4. The van der Waals surface area contributed by atoms with Crippen molar-refractivity contribution in [1.82, 2.24) is 24.5 Å². The molecule has 11 heteroatoms. The standard InChI is InChI=1S/C22H19ClN6O4/c1-2-33-22(32)16-5-3-4-6-17(16)25-18(30)12-28-13-24-20-19(21(28)31)26-27-29(20)11-14-7-9-15(23)10-8-14/h3-10,13H,2,11-12H2,1H3,(H,25,30). The maximum atomic E-state index is 12.8. The van der Waals surface area contributed by atoms with Gasteiger partial charge in [-0.25, -0.2) is 14.5 Å². The molecule has 1 N–H and O–H groups in total. The van der Waals surface area contributed by atoms with E-state index in [1.165, 1.54) is 11.0 Å². The zero-order valence-electron chi connectivity index (χ0n) is 17.6. The molecule has 168 valence electrons. The van der Waals surface area contributed by atoms with Gasteiger partial charge >= 0.3 is 5.97 Å². The van der Waals surface area contributed by atoms with Gasteiger partial charge in [0.15, 0.2) is 11.2 Å². The summed E-state index contributed by atoms with van der Waals surface area (Å²) in [6, 6.07) is 13.7. The molecule has 0 aliphatic rings. The highest BCUT2D eigenvalue weighted by Gasteiger charge is 2.17. The Hall–Kier alpha value is -4.05. The van der Waals surface area contributed by atoms with Crippen molar-refractivity contribution in [3.63, 3.8) is 0 Å². The maximum Gasteiger partial charge on any atom is 0.340 e. The number of aromatic nitrogens is 5. The first kappa shape index (κ1) is 22.2. The normalized spacial score (nSPS) is 10.8. The number of nitrogens with one attached hydrogen (secondary N) is 1. The van der Waals surface area contributed by atoms with Crippen LogP contribution in [0.3, 0.4) is 0 Å². The van der Waals surface area contributed by atoms with Crippen molar-refractivity contribution in [2.24, 2.45) is 0 Å². The molecule has 33 heavy (non-hydrogen) atoms. The Morgan fingerprint density at radius 1 is 1.12 bits per heavy atom. The molecule has 0 spiro atoms. The number of benzene rings is 2. The van der Waals surface area contributed by atoms with E-state index in [0.717, 1.165) is 10.1 Å². The Morgan fingerprint density at radius 3 is 2.64 bits per heavy atom. The van der Waals surface area contributed by atoms with Crippen LogP contribution in [0.1, 0.15) is 22.8 Å². The molecule has 0 unspecified atom stereocenters. The van der Waals surface area contributed by atoms with E-state index < -0.39 is 17.4 Å². The van der Waals surface area contributed by atoms with E-state index in [0.29, 0.717) is 17.2 Å². The number of carbonyl (C=O) groups excluding carboxylic acids is 2. The summed E-state index contributed by atoms with van der Waals surface area (Å²) in [6.45, 7) is 1.94. The monoisotopic (exact) mass is 466 g/mol. The fourth-order valence-corrected chi connectivity index (χ4v) is 3.32. The molecule has 0 saturated heterocycles. The summed E-state index contributed by atoms with van der Waals surface area (Å²) in [6.07, 6.45) is 1.27. The number of rotatable bonds is 7. The van der Waals surface area contributed by atoms with Crippen molar-refractivity contribution >= 4 is 40.3 Å². The summed E-state index contributed by atoms with van der Waals surface area (Å²) in [5.74, 6) is -1.06. The van der Waals surface area contributed by atoms with Crippen LogP contribution in [0.5, 0.6) is 0 Å². The molecule has 4 rings (SSSR count). The summed E-state index contributed by atoms with van der Waals surface area (Å²) in [5.41, 5.74) is 1.27. The van der Waals surface area contributed by atoms with Crippen LogP contribution in [-0.4, -0.2) is 43.0 Å². The summed E-state index contributed by atoms with van der Waals surface area (Å²) >= 11 is 5.91. The van der Waals surface area contributed by atoms with Gasteiger partial charge in [-0.3, -0.25) is 14.2 Å². The molecule has 0 aliphatic heterocycles. The first-order valence-corrected chi connectivity index (χ1v) is 10.4. The minimum absolute atomic E-state index is 0.0474. The molecule has 0 fully saturated rings. The molecule has 2 aromatic heterocycles. The largest absolute Gasteiger partial charge is 0.462 e. The molecule has 2 aromatic carbocycles. The quantitative estimate of drug-likeness (QED) is 0.415. The summed E-state index contributed by atoms with van der Waals surface area (Å²) < 4.78 is 7.64. The Bertz CT molecular complexity index is 1380. The van der Waals surface area contributed by atoms with E-state index in [4.69, 9.17) is 16.3 Å². The number of fused-ring (bicyclic) bond motifs is 1. The Balaban J connectivity index is 1.52. The average Bonchev–Trinajstić information content (AvgIpc) is 3.21. The third-order valence-corrected chi connectivity index (χ3v) is 5.00. The highest BCUT2D eigenvalue weighted by molar-refractivity contribution is 6.30. The lowest BCUT2D eigenvalue weighted by Crippen LogP contribution is -2.28. The van der Waals surface area contributed by atoms with Gasteiger partial charge in [-0.05, 0) is 36.8 Å². The molecule has 0 radical (unpaired) electrons. The van der Waals surface area contributed by atoms with Crippen LogP contribution in [0.25, 0.3) is 11.2 Å². The van der Waals surface area contributed by atoms with E-state index in [1.54, 1.807) is 43.3 Å². The fraction of sp³-hybridized carbons (Fsp3) is 0.182. The van der Waals surface area contributed by atoms with Crippen molar-refractivity contribution in [1.29, 1.82) is 0 Å². The Morgan fingerprint density at radius 2 is 1.88 bits per heavy atom. The first-order chi connectivity index (χ1) is 16.0. The number of hydrogen-bond donors (Lipinski definition) is 1. The van der Waals surface area contributed by atoms with Crippen LogP contribution in [0, 0.1) is 0 Å². The molecule has 4 aromatic rings. The van der Waals surface area contributed by atoms with Crippen molar-refractivity contribution in [2.45, 2.75) is 20.0 Å². The van der Waals surface area contributed by atoms with Crippen molar-refractivity contribution in [3.05, 3.63) is 81.4 Å². The van der Waals surface area contributed by atoms with E-state index in [9.17, 15) is 14.4 Å². The molecule has 0 saturated carbocycles. The van der Waals surface area contributed by atoms with Crippen LogP contribution in [0.2, 0.25) is 5.02 Å². The number of nitrogens with zero attached hydrogens (tertiary/aromatic N) is 5. The molecular formula is C22H19ClN6O4. The lowest BCUT2D eigenvalue weighted by Gasteiger charge is -2.11. The van der Waals surface area contributed by atoms with Crippen molar-refractivity contribution < 1.29 is 14.3 Å². The van der Waals surface area contributed by atoms with Crippen LogP contribution < -0.4 is 10.9 Å². The second kappa shape index (κ2) is 9.61. The highest BCUT2D eigenvalue weighted by Crippen LogP contribution is 2.16. The highest BCUT2D eigenvalue weighted by atomic mass is 35.5. The van der Waals surface area contributed by atoms with Crippen LogP contribution in [-0.2, 0) is 22.6 Å². The number of hydrogen-bond acceptors (Lipinski definition) is 7. The second-order valence-corrected chi connectivity index (χ2v) is 7.47. The van der Waals surface area contributed by atoms with Crippen molar-refractivity contribution in [3.8, 4) is 0 Å². The molecule has 0 aliphatic carbocycles. The van der Waals surface area contributed by atoms with Crippen LogP contribution in [0.4, 0.5) is 5.69 Å². The number of amides is 1. The number of para-hydroxylation sites is 1. The third-order valence-electron chi connectivity index (χ3n) is 4.75. The number of ether oxygens (including phenoxy) is 1. The molecule has 10 nitrogen and oxygen atoms in total. The van der Waals surface area contributed by atoms with Gasteiger partial charge in [0.25, 0.3) is 5.56 Å². The number of carbonyl (C=O) groups is 2. The third kappa shape index (κ3) is 4.90. The molecule has 0 bridgehead atoms. The molecule has 1 amide bonds. The van der Waals surface area contributed by atoms with Gasteiger partial charge in [0.1, 0.15) is 12.9 Å². The average molecular weight is 467 g/mol. The smallest absolute Gasteiger partial charge is 0.340 e. The predicted molar refractivity (Wildman–Crippen MR) is 121 cm³/mol. The minimum Gasteiger partial charge on any atom is -0.462 e. The molecule has 0 atom stereocenters. The second-order valence-electron chi connectivity index (χ2n) is 7.04. The number of esters is 1. The molecular weight excluding hydrogens is 448 g/mol. The van der Waals surface area contributed by atoms with Gasteiger partial charge < -0.3 is 10.1 Å². The summed E-state index contributed by atoms with van der Waals surface area (Å²) in [7, 11) is 0. The SMILES string of the molecule is CCOC(=O)c1ccccc1NC(=O)Cn1cnc2c(nnn2Cc2ccc(Cl)cc2)c1=O. The van der Waals surface area contributed by atoms with Gasteiger partial charge in [0.2, 0.25) is 5.91 Å². The van der Waals surface area contributed by atoms with E-state index in [1.807, 2.05) is 12.1 Å². The van der Waals surface area contributed by atoms with Gasteiger partial charge in [-0.15, -0.1) is 5.10 Å². The first-order valence-electron chi connectivity index (χ1n) is 10.1. The van der Waals surface area contributed by atoms with E-state index >= 15 is 0 Å². The van der Waals surface area contributed by atoms with Crippen LogP contribution in [0.15, 0.2) is 59.7 Å². The van der Waals surface area contributed by atoms with Gasteiger partial charge in [0, 0.05) is 5.02 Å². The van der Waals surface area contributed by atoms with Gasteiger partial charge in [-0.2, -0.15) is 0 Å². The van der Waals surface area contributed by atoms with E-state index in [2.05, 4.69) is 20.6 Å².